The van der Waals surface area contributed by atoms with Crippen molar-refractivity contribution in [3.05, 3.63) is 35.4 Å². The van der Waals surface area contributed by atoms with Crippen LogP contribution >= 0.6 is 0 Å². The normalized spacial score (nSPS) is 23.3. The first kappa shape index (κ1) is 13.9. The number of carbonyl (C=O) groups is 1. The smallest absolute Gasteiger partial charge is 0.303 e. The monoisotopic (exact) mass is 269 g/mol. The van der Waals surface area contributed by atoms with E-state index in [9.17, 15) is 13.6 Å². The van der Waals surface area contributed by atoms with E-state index in [-0.39, 0.29) is 18.4 Å². The molecule has 0 aliphatic carbocycles. The third-order valence-electron chi connectivity index (χ3n) is 3.55. The molecule has 19 heavy (non-hydrogen) atoms. The second-order valence-corrected chi connectivity index (χ2v) is 5.08. The molecule has 1 aliphatic rings. The van der Waals surface area contributed by atoms with Crippen molar-refractivity contribution in [2.24, 2.45) is 5.92 Å². The Hall–Kier alpha value is -1.49. The quantitative estimate of drug-likeness (QED) is 0.882. The van der Waals surface area contributed by atoms with Crippen molar-refractivity contribution in [2.75, 3.05) is 6.54 Å². The highest BCUT2D eigenvalue weighted by Crippen LogP contribution is 2.23. The highest BCUT2D eigenvalue weighted by molar-refractivity contribution is 5.67. The van der Waals surface area contributed by atoms with Gasteiger partial charge in [-0.1, -0.05) is 6.07 Å². The second-order valence-electron chi connectivity index (χ2n) is 5.08. The SMILES string of the molecule is O=C(O)CC1CCNC(Cc2ccc(F)cc2F)C1. The van der Waals surface area contributed by atoms with E-state index in [0.717, 1.165) is 19.0 Å². The number of rotatable bonds is 4. The number of piperidine rings is 1. The summed E-state index contributed by atoms with van der Waals surface area (Å²) in [6.45, 7) is 0.741. The van der Waals surface area contributed by atoms with Gasteiger partial charge >= 0.3 is 5.97 Å². The molecule has 0 bridgehead atoms. The molecule has 0 amide bonds. The number of hydrogen-bond acceptors (Lipinski definition) is 2. The maximum Gasteiger partial charge on any atom is 0.303 e. The minimum atomic E-state index is -0.793. The van der Waals surface area contributed by atoms with Crippen LogP contribution in [0.15, 0.2) is 18.2 Å². The molecule has 1 fully saturated rings. The van der Waals surface area contributed by atoms with Gasteiger partial charge in [-0.3, -0.25) is 4.79 Å². The number of hydrogen-bond donors (Lipinski definition) is 2. The van der Waals surface area contributed by atoms with Crippen molar-refractivity contribution < 1.29 is 18.7 Å². The zero-order valence-electron chi connectivity index (χ0n) is 10.5. The van der Waals surface area contributed by atoms with Gasteiger partial charge in [-0.25, -0.2) is 8.78 Å². The summed E-state index contributed by atoms with van der Waals surface area (Å²) >= 11 is 0. The number of carboxylic acid groups (broad SMARTS) is 1. The Kier molecular flexibility index (Phi) is 4.47. The van der Waals surface area contributed by atoms with Crippen LogP contribution in [0.5, 0.6) is 0 Å². The fourth-order valence-corrected chi connectivity index (χ4v) is 2.64. The van der Waals surface area contributed by atoms with Crippen LogP contribution in [0.3, 0.4) is 0 Å². The number of halogens is 2. The Morgan fingerprint density at radius 3 is 2.89 bits per heavy atom. The first-order valence-electron chi connectivity index (χ1n) is 6.43. The summed E-state index contributed by atoms with van der Waals surface area (Å²) in [5, 5.41) is 12.1. The van der Waals surface area contributed by atoms with E-state index < -0.39 is 17.6 Å². The van der Waals surface area contributed by atoms with E-state index >= 15 is 0 Å². The molecule has 0 aromatic heterocycles. The van der Waals surface area contributed by atoms with E-state index in [1.54, 1.807) is 0 Å². The van der Waals surface area contributed by atoms with Crippen molar-refractivity contribution in [3.63, 3.8) is 0 Å². The van der Waals surface area contributed by atoms with Crippen LogP contribution in [0, 0.1) is 17.6 Å². The summed E-state index contributed by atoms with van der Waals surface area (Å²) in [6.07, 6.45) is 2.16. The van der Waals surface area contributed by atoms with Gasteiger partial charge in [0.15, 0.2) is 0 Å². The number of benzene rings is 1. The number of aliphatic carboxylic acids is 1. The lowest BCUT2D eigenvalue weighted by Gasteiger charge is -2.29. The zero-order valence-corrected chi connectivity index (χ0v) is 10.5. The van der Waals surface area contributed by atoms with Crippen molar-refractivity contribution in [1.82, 2.24) is 5.32 Å². The van der Waals surface area contributed by atoms with Crippen molar-refractivity contribution in [2.45, 2.75) is 31.7 Å². The fourth-order valence-electron chi connectivity index (χ4n) is 2.64. The summed E-state index contributed by atoms with van der Waals surface area (Å²) < 4.78 is 26.4. The van der Waals surface area contributed by atoms with Gasteiger partial charge in [0.2, 0.25) is 0 Å². The van der Waals surface area contributed by atoms with Gasteiger partial charge < -0.3 is 10.4 Å². The van der Waals surface area contributed by atoms with Crippen molar-refractivity contribution in [1.29, 1.82) is 0 Å². The summed E-state index contributed by atoms with van der Waals surface area (Å²) in [7, 11) is 0. The van der Waals surface area contributed by atoms with Crippen LogP contribution in [0.2, 0.25) is 0 Å². The third kappa shape index (κ3) is 3.99. The summed E-state index contributed by atoms with van der Waals surface area (Å²) in [4.78, 5) is 10.7. The predicted molar refractivity (Wildman–Crippen MR) is 66.8 cm³/mol. The standard InChI is InChI=1S/C14H17F2NO2/c15-11-2-1-10(13(16)8-11)7-12-5-9(3-4-17-12)6-14(18)19/h1-2,8-9,12,17H,3-7H2,(H,18,19). The Morgan fingerprint density at radius 1 is 1.42 bits per heavy atom. The minimum absolute atomic E-state index is 0.0538. The second kappa shape index (κ2) is 6.10. The van der Waals surface area contributed by atoms with E-state index in [1.165, 1.54) is 12.1 Å². The Bertz CT molecular complexity index is 465. The average molecular weight is 269 g/mol. The first-order valence-corrected chi connectivity index (χ1v) is 6.43. The van der Waals surface area contributed by atoms with E-state index in [4.69, 9.17) is 5.11 Å². The van der Waals surface area contributed by atoms with E-state index in [2.05, 4.69) is 5.32 Å². The lowest BCUT2D eigenvalue weighted by molar-refractivity contribution is -0.138. The van der Waals surface area contributed by atoms with Gasteiger partial charge in [0.1, 0.15) is 11.6 Å². The summed E-state index contributed by atoms with van der Waals surface area (Å²) in [5.74, 6) is -1.78. The molecule has 1 aromatic carbocycles. The van der Waals surface area contributed by atoms with Crippen LogP contribution in [-0.2, 0) is 11.2 Å². The summed E-state index contributed by atoms with van der Waals surface area (Å²) in [5.41, 5.74) is 0.467. The molecule has 0 saturated carbocycles. The Morgan fingerprint density at radius 2 is 2.21 bits per heavy atom. The zero-order chi connectivity index (χ0) is 13.8. The Balaban J connectivity index is 1.96. The molecule has 3 nitrogen and oxygen atoms in total. The molecule has 2 N–H and O–H groups in total. The highest BCUT2D eigenvalue weighted by Gasteiger charge is 2.24. The minimum Gasteiger partial charge on any atom is -0.481 e. The van der Waals surface area contributed by atoms with Gasteiger partial charge in [-0.15, -0.1) is 0 Å². The molecular formula is C14H17F2NO2. The van der Waals surface area contributed by atoms with Crippen LogP contribution in [-0.4, -0.2) is 23.7 Å². The Labute approximate surface area is 110 Å². The molecule has 1 saturated heterocycles. The molecule has 0 spiro atoms. The molecule has 2 atom stereocenters. The fraction of sp³-hybridized carbons (Fsp3) is 0.500. The van der Waals surface area contributed by atoms with Crippen LogP contribution in [0.4, 0.5) is 8.78 Å². The van der Waals surface area contributed by atoms with Gasteiger partial charge in [-0.05, 0) is 43.4 Å². The topological polar surface area (TPSA) is 49.3 Å². The molecule has 1 heterocycles. The van der Waals surface area contributed by atoms with E-state index in [0.29, 0.717) is 18.4 Å². The molecular weight excluding hydrogens is 252 g/mol. The summed E-state index contributed by atoms with van der Waals surface area (Å²) in [6, 6.07) is 3.63. The molecule has 1 aromatic rings. The molecule has 2 unspecified atom stereocenters. The number of nitrogens with one attached hydrogen (secondary N) is 1. The van der Waals surface area contributed by atoms with Crippen molar-refractivity contribution in [3.8, 4) is 0 Å². The van der Waals surface area contributed by atoms with Gasteiger partial charge in [-0.2, -0.15) is 0 Å². The lowest BCUT2D eigenvalue weighted by atomic mass is 9.87. The van der Waals surface area contributed by atoms with Crippen LogP contribution in [0.1, 0.15) is 24.8 Å². The maximum absolute atomic E-state index is 13.6. The molecule has 0 radical (unpaired) electrons. The largest absolute Gasteiger partial charge is 0.481 e. The molecule has 104 valence electrons. The first-order chi connectivity index (χ1) is 9.04. The van der Waals surface area contributed by atoms with Crippen LogP contribution < -0.4 is 5.32 Å². The third-order valence-corrected chi connectivity index (χ3v) is 3.55. The van der Waals surface area contributed by atoms with Gasteiger partial charge in [0, 0.05) is 18.5 Å². The molecule has 5 heteroatoms. The van der Waals surface area contributed by atoms with Gasteiger partial charge in [0.25, 0.3) is 0 Å². The van der Waals surface area contributed by atoms with Gasteiger partial charge in [0.05, 0.1) is 0 Å². The van der Waals surface area contributed by atoms with Crippen LogP contribution in [0.25, 0.3) is 0 Å². The van der Waals surface area contributed by atoms with Crippen molar-refractivity contribution >= 4 is 5.97 Å². The lowest BCUT2D eigenvalue weighted by Crippen LogP contribution is -2.40. The highest BCUT2D eigenvalue weighted by atomic mass is 19.1. The predicted octanol–water partition coefficient (Wildman–Crippen LogP) is 2.35. The number of carboxylic acids is 1. The maximum atomic E-state index is 13.6. The average Bonchev–Trinajstić information content (AvgIpc) is 2.32. The molecule has 2 rings (SSSR count). The molecule has 1 aliphatic heterocycles. The van der Waals surface area contributed by atoms with E-state index in [1.807, 2.05) is 0 Å².